The number of nitrogens with zero attached hydrogens (tertiary/aromatic N) is 2. The van der Waals surface area contributed by atoms with Gasteiger partial charge in [-0.05, 0) is 36.8 Å². The first-order valence-corrected chi connectivity index (χ1v) is 5.76. The van der Waals surface area contributed by atoms with Gasteiger partial charge in [0.05, 0.1) is 12.2 Å². The first-order chi connectivity index (χ1) is 7.15. The third-order valence-electron chi connectivity index (χ3n) is 2.11. The first-order valence-electron chi connectivity index (χ1n) is 4.59. The van der Waals surface area contributed by atoms with E-state index < -0.39 is 0 Å². The van der Waals surface area contributed by atoms with E-state index >= 15 is 0 Å². The van der Waals surface area contributed by atoms with Gasteiger partial charge < -0.3 is 0 Å². The van der Waals surface area contributed by atoms with E-state index in [2.05, 4.69) is 21.0 Å². The molecule has 0 amide bonds. The van der Waals surface area contributed by atoms with Crippen LogP contribution in [0.4, 0.5) is 0 Å². The van der Waals surface area contributed by atoms with Crippen molar-refractivity contribution in [2.75, 3.05) is 0 Å². The normalized spacial score (nSPS) is 10.6. The Bertz CT molecular complexity index is 479. The Morgan fingerprint density at radius 1 is 1.40 bits per heavy atom. The summed E-state index contributed by atoms with van der Waals surface area (Å²) in [6.07, 6.45) is 1.96. The van der Waals surface area contributed by atoms with Crippen LogP contribution in [0.5, 0.6) is 0 Å². The number of halogens is 2. The second-order valence-corrected chi connectivity index (χ2v) is 4.68. The molecule has 0 radical (unpaired) electrons. The molecule has 0 fully saturated rings. The van der Waals surface area contributed by atoms with Crippen molar-refractivity contribution >= 4 is 27.5 Å². The number of hydrogen-bond donors (Lipinski definition) is 0. The van der Waals surface area contributed by atoms with Gasteiger partial charge in [0.2, 0.25) is 0 Å². The average molecular weight is 286 g/mol. The fourth-order valence-electron chi connectivity index (χ4n) is 1.39. The number of hydrogen-bond acceptors (Lipinski definition) is 1. The summed E-state index contributed by atoms with van der Waals surface area (Å²) in [7, 11) is 0. The van der Waals surface area contributed by atoms with Crippen molar-refractivity contribution in [3.8, 4) is 0 Å². The zero-order valence-electron chi connectivity index (χ0n) is 8.24. The molecular weight excluding hydrogens is 275 g/mol. The quantitative estimate of drug-likeness (QED) is 0.823. The minimum absolute atomic E-state index is 0.731. The number of benzene rings is 1. The van der Waals surface area contributed by atoms with E-state index in [1.165, 1.54) is 0 Å². The molecule has 2 rings (SSSR count). The van der Waals surface area contributed by atoms with Crippen LogP contribution in [0.25, 0.3) is 0 Å². The van der Waals surface area contributed by atoms with Gasteiger partial charge in [0.15, 0.2) is 0 Å². The van der Waals surface area contributed by atoms with Gasteiger partial charge >= 0.3 is 0 Å². The van der Waals surface area contributed by atoms with Crippen molar-refractivity contribution < 1.29 is 0 Å². The van der Waals surface area contributed by atoms with Crippen LogP contribution in [0.3, 0.4) is 0 Å². The van der Waals surface area contributed by atoms with E-state index in [9.17, 15) is 0 Å². The SMILES string of the molecule is Cc1ccn(Cc2cc(Cl)ccc2Br)n1. The maximum Gasteiger partial charge on any atom is 0.0670 e. The molecule has 78 valence electrons. The van der Waals surface area contributed by atoms with Gasteiger partial charge in [-0.3, -0.25) is 4.68 Å². The number of aryl methyl sites for hydroxylation is 1. The molecular formula is C11H10BrClN2. The largest absolute Gasteiger partial charge is 0.268 e. The molecule has 2 aromatic rings. The molecule has 2 nitrogen and oxygen atoms in total. The Morgan fingerprint density at radius 3 is 2.87 bits per heavy atom. The van der Waals surface area contributed by atoms with Crippen LogP contribution in [-0.2, 0) is 6.54 Å². The summed E-state index contributed by atoms with van der Waals surface area (Å²) in [5, 5.41) is 5.08. The van der Waals surface area contributed by atoms with Gasteiger partial charge in [-0.15, -0.1) is 0 Å². The molecule has 1 heterocycles. The molecule has 0 spiro atoms. The summed E-state index contributed by atoms with van der Waals surface area (Å²) in [6, 6.07) is 7.75. The highest BCUT2D eigenvalue weighted by molar-refractivity contribution is 9.10. The minimum atomic E-state index is 0.731. The van der Waals surface area contributed by atoms with Crippen LogP contribution < -0.4 is 0 Å². The second-order valence-electron chi connectivity index (χ2n) is 3.39. The second kappa shape index (κ2) is 4.37. The van der Waals surface area contributed by atoms with E-state index in [4.69, 9.17) is 11.6 Å². The average Bonchev–Trinajstić information content (AvgIpc) is 2.58. The van der Waals surface area contributed by atoms with Crippen molar-refractivity contribution in [1.82, 2.24) is 9.78 Å². The minimum Gasteiger partial charge on any atom is -0.268 e. The molecule has 0 N–H and O–H groups in total. The lowest BCUT2D eigenvalue weighted by Crippen LogP contribution is -2.01. The van der Waals surface area contributed by atoms with Gasteiger partial charge in [0.1, 0.15) is 0 Å². The predicted molar refractivity (Wildman–Crippen MR) is 65.2 cm³/mol. The van der Waals surface area contributed by atoms with E-state index in [0.29, 0.717) is 0 Å². The number of aromatic nitrogens is 2. The Labute approximate surface area is 102 Å². The smallest absolute Gasteiger partial charge is 0.0670 e. The lowest BCUT2D eigenvalue weighted by atomic mass is 10.2. The zero-order valence-corrected chi connectivity index (χ0v) is 10.6. The van der Waals surface area contributed by atoms with Crippen molar-refractivity contribution in [3.63, 3.8) is 0 Å². The monoisotopic (exact) mass is 284 g/mol. The van der Waals surface area contributed by atoms with Gasteiger partial charge in [-0.1, -0.05) is 27.5 Å². The van der Waals surface area contributed by atoms with Crippen molar-refractivity contribution in [1.29, 1.82) is 0 Å². The highest BCUT2D eigenvalue weighted by atomic mass is 79.9. The Hall–Kier alpha value is -0.800. The molecule has 0 atom stereocenters. The van der Waals surface area contributed by atoms with E-state index in [0.717, 1.165) is 27.3 Å². The summed E-state index contributed by atoms with van der Waals surface area (Å²) in [5.74, 6) is 0. The van der Waals surface area contributed by atoms with Gasteiger partial charge in [0.25, 0.3) is 0 Å². The topological polar surface area (TPSA) is 17.8 Å². The molecule has 0 aliphatic heterocycles. The fraction of sp³-hybridized carbons (Fsp3) is 0.182. The van der Waals surface area contributed by atoms with Crippen LogP contribution in [0.15, 0.2) is 34.9 Å². The van der Waals surface area contributed by atoms with Crippen LogP contribution in [-0.4, -0.2) is 9.78 Å². The Balaban J connectivity index is 2.27. The third-order valence-corrected chi connectivity index (χ3v) is 3.12. The number of rotatable bonds is 2. The van der Waals surface area contributed by atoms with Gasteiger partial charge in [-0.25, -0.2) is 0 Å². The summed E-state index contributed by atoms with van der Waals surface area (Å²) in [6.45, 7) is 2.71. The highest BCUT2D eigenvalue weighted by Gasteiger charge is 2.02. The molecule has 1 aromatic heterocycles. The van der Waals surface area contributed by atoms with Crippen LogP contribution in [0, 0.1) is 6.92 Å². The molecule has 15 heavy (non-hydrogen) atoms. The summed E-state index contributed by atoms with van der Waals surface area (Å²) in [5.41, 5.74) is 2.15. The van der Waals surface area contributed by atoms with E-state index in [1.54, 1.807) is 0 Å². The zero-order chi connectivity index (χ0) is 10.8. The van der Waals surface area contributed by atoms with Gasteiger partial charge in [0, 0.05) is 15.7 Å². The van der Waals surface area contributed by atoms with Crippen molar-refractivity contribution in [3.05, 3.63) is 51.2 Å². The molecule has 0 unspecified atom stereocenters. The lowest BCUT2D eigenvalue weighted by molar-refractivity contribution is 0.678. The Kier molecular flexibility index (Phi) is 3.12. The van der Waals surface area contributed by atoms with Crippen LogP contribution in [0.2, 0.25) is 5.02 Å². The fourth-order valence-corrected chi connectivity index (χ4v) is 1.96. The van der Waals surface area contributed by atoms with Crippen molar-refractivity contribution in [2.24, 2.45) is 0 Å². The van der Waals surface area contributed by atoms with Crippen molar-refractivity contribution in [2.45, 2.75) is 13.5 Å². The van der Waals surface area contributed by atoms with Crippen LogP contribution >= 0.6 is 27.5 Å². The molecule has 0 aliphatic rings. The van der Waals surface area contributed by atoms with E-state index in [-0.39, 0.29) is 0 Å². The summed E-state index contributed by atoms with van der Waals surface area (Å²) < 4.78 is 2.95. The molecule has 0 aliphatic carbocycles. The molecule has 0 saturated carbocycles. The molecule has 0 bridgehead atoms. The predicted octanol–water partition coefficient (Wildman–Crippen LogP) is 3.66. The molecule has 0 saturated heterocycles. The van der Waals surface area contributed by atoms with Crippen LogP contribution in [0.1, 0.15) is 11.3 Å². The molecule has 4 heteroatoms. The van der Waals surface area contributed by atoms with Gasteiger partial charge in [-0.2, -0.15) is 5.10 Å². The molecule has 1 aromatic carbocycles. The maximum absolute atomic E-state index is 5.94. The Morgan fingerprint density at radius 2 is 2.20 bits per heavy atom. The summed E-state index contributed by atoms with van der Waals surface area (Å²) >= 11 is 9.43. The third kappa shape index (κ3) is 2.61. The first kappa shape index (κ1) is 10.7. The highest BCUT2D eigenvalue weighted by Crippen LogP contribution is 2.21. The standard InChI is InChI=1S/C11H10BrClN2/c1-8-4-5-15(14-8)7-9-6-10(13)2-3-11(9)12/h2-6H,7H2,1H3. The maximum atomic E-state index is 5.94. The summed E-state index contributed by atoms with van der Waals surface area (Å²) in [4.78, 5) is 0. The van der Waals surface area contributed by atoms with E-state index in [1.807, 2.05) is 42.1 Å². The lowest BCUT2D eigenvalue weighted by Gasteiger charge is -2.05.